The SMILES string of the molecule is CC(C)(C(=O)N(CCCN)c1ccccc1)S(C)(=O)=O. The van der Waals surface area contributed by atoms with Gasteiger partial charge >= 0.3 is 0 Å². The Balaban J connectivity index is 3.16. The number of sulfone groups is 1. The molecule has 1 rings (SSSR count). The molecular weight excluding hydrogens is 276 g/mol. The second-order valence-electron chi connectivity index (χ2n) is 5.22. The number of nitrogens with two attached hydrogens (primary N) is 1. The molecular formula is C14H22N2O3S. The second kappa shape index (κ2) is 6.37. The zero-order valence-electron chi connectivity index (χ0n) is 12.2. The molecule has 0 aliphatic heterocycles. The fourth-order valence-corrected chi connectivity index (χ4v) is 2.12. The number of anilines is 1. The molecule has 0 spiro atoms. The molecule has 0 aromatic heterocycles. The molecule has 0 saturated heterocycles. The summed E-state index contributed by atoms with van der Waals surface area (Å²) in [6, 6.07) is 9.04. The Bertz CT molecular complexity index is 553. The number of para-hydroxylation sites is 1. The monoisotopic (exact) mass is 298 g/mol. The Kier molecular flexibility index (Phi) is 5.30. The zero-order valence-corrected chi connectivity index (χ0v) is 13.0. The first-order valence-electron chi connectivity index (χ1n) is 6.48. The smallest absolute Gasteiger partial charge is 0.247 e. The largest absolute Gasteiger partial charge is 0.330 e. The Morgan fingerprint density at radius 2 is 1.80 bits per heavy atom. The lowest BCUT2D eigenvalue weighted by molar-refractivity contribution is -0.120. The predicted octanol–water partition coefficient (Wildman–Crippen LogP) is 1.19. The van der Waals surface area contributed by atoms with Crippen LogP contribution in [-0.4, -0.2) is 38.4 Å². The molecule has 0 radical (unpaired) electrons. The third-order valence-corrected chi connectivity index (χ3v) is 5.37. The minimum absolute atomic E-state index is 0.401. The average Bonchev–Trinajstić information content (AvgIpc) is 2.38. The van der Waals surface area contributed by atoms with Gasteiger partial charge in [0.05, 0.1) is 0 Å². The van der Waals surface area contributed by atoms with Gasteiger partial charge in [-0.25, -0.2) is 8.42 Å². The molecule has 0 atom stereocenters. The molecule has 0 fully saturated rings. The molecule has 1 amide bonds. The van der Waals surface area contributed by atoms with Crippen LogP contribution in [0, 0.1) is 0 Å². The highest BCUT2D eigenvalue weighted by Gasteiger charge is 2.41. The van der Waals surface area contributed by atoms with Crippen LogP contribution in [0.15, 0.2) is 30.3 Å². The molecule has 0 saturated carbocycles. The molecule has 2 N–H and O–H groups in total. The van der Waals surface area contributed by atoms with Crippen molar-refractivity contribution < 1.29 is 13.2 Å². The van der Waals surface area contributed by atoms with E-state index in [1.165, 1.54) is 18.7 Å². The molecule has 1 aromatic rings. The number of carbonyl (C=O) groups excluding carboxylic acids is 1. The van der Waals surface area contributed by atoms with Crippen molar-refractivity contribution in [2.24, 2.45) is 5.73 Å². The van der Waals surface area contributed by atoms with Gasteiger partial charge in [0.15, 0.2) is 9.84 Å². The Morgan fingerprint density at radius 3 is 2.25 bits per heavy atom. The van der Waals surface area contributed by atoms with Gasteiger partial charge in [-0.2, -0.15) is 0 Å². The number of amides is 1. The summed E-state index contributed by atoms with van der Waals surface area (Å²) < 4.78 is 22.2. The molecule has 0 heterocycles. The highest BCUT2D eigenvalue weighted by atomic mass is 32.2. The maximum absolute atomic E-state index is 12.6. The van der Waals surface area contributed by atoms with E-state index in [1.807, 2.05) is 18.2 Å². The molecule has 0 unspecified atom stereocenters. The van der Waals surface area contributed by atoms with Gasteiger partial charge < -0.3 is 10.6 Å². The lowest BCUT2D eigenvalue weighted by Gasteiger charge is -2.30. The van der Waals surface area contributed by atoms with Crippen LogP contribution in [0.3, 0.4) is 0 Å². The fourth-order valence-electron chi connectivity index (χ4n) is 1.69. The van der Waals surface area contributed by atoms with Crippen molar-refractivity contribution in [3.05, 3.63) is 30.3 Å². The van der Waals surface area contributed by atoms with Crippen LogP contribution in [0.4, 0.5) is 5.69 Å². The number of hydrogen-bond acceptors (Lipinski definition) is 4. The summed E-state index contributed by atoms with van der Waals surface area (Å²) in [5, 5.41) is 0. The van der Waals surface area contributed by atoms with Crippen LogP contribution in [0.2, 0.25) is 0 Å². The zero-order chi connectivity index (χ0) is 15.4. The molecule has 6 heteroatoms. The van der Waals surface area contributed by atoms with E-state index in [1.54, 1.807) is 12.1 Å². The van der Waals surface area contributed by atoms with Gasteiger partial charge in [0, 0.05) is 18.5 Å². The van der Waals surface area contributed by atoms with Crippen LogP contribution in [-0.2, 0) is 14.6 Å². The van der Waals surface area contributed by atoms with E-state index in [4.69, 9.17) is 5.73 Å². The summed E-state index contributed by atoms with van der Waals surface area (Å²) in [6.07, 6.45) is 1.69. The average molecular weight is 298 g/mol. The van der Waals surface area contributed by atoms with Crippen molar-refractivity contribution in [1.82, 2.24) is 0 Å². The van der Waals surface area contributed by atoms with Gasteiger partial charge in [-0.3, -0.25) is 4.79 Å². The number of carbonyl (C=O) groups is 1. The molecule has 0 aliphatic rings. The van der Waals surface area contributed by atoms with Crippen molar-refractivity contribution >= 4 is 21.4 Å². The Labute approximate surface area is 120 Å². The first-order valence-corrected chi connectivity index (χ1v) is 8.37. The summed E-state index contributed by atoms with van der Waals surface area (Å²) in [7, 11) is -3.50. The highest BCUT2D eigenvalue weighted by Crippen LogP contribution is 2.23. The van der Waals surface area contributed by atoms with Crippen molar-refractivity contribution in [1.29, 1.82) is 0 Å². The van der Waals surface area contributed by atoms with Crippen LogP contribution in [0.1, 0.15) is 20.3 Å². The molecule has 0 bridgehead atoms. The highest BCUT2D eigenvalue weighted by molar-refractivity contribution is 7.92. The Hall–Kier alpha value is -1.40. The predicted molar refractivity (Wildman–Crippen MR) is 81.4 cm³/mol. The lowest BCUT2D eigenvalue weighted by atomic mass is 10.1. The summed E-state index contributed by atoms with van der Waals surface area (Å²) >= 11 is 0. The van der Waals surface area contributed by atoms with Gasteiger partial charge in [-0.1, -0.05) is 18.2 Å². The van der Waals surface area contributed by atoms with Crippen LogP contribution >= 0.6 is 0 Å². The van der Waals surface area contributed by atoms with Crippen LogP contribution < -0.4 is 10.6 Å². The lowest BCUT2D eigenvalue weighted by Crippen LogP contribution is -2.50. The van der Waals surface area contributed by atoms with Crippen molar-refractivity contribution in [3.63, 3.8) is 0 Å². The summed E-state index contributed by atoms with van der Waals surface area (Å²) in [4.78, 5) is 14.1. The van der Waals surface area contributed by atoms with Crippen LogP contribution in [0.25, 0.3) is 0 Å². The topological polar surface area (TPSA) is 80.5 Å². The minimum Gasteiger partial charge on any atom is -0.330 e. The summed E-state index contributed by atoms with van der Waals surface area (Å²) in [5.41, 5.74) is 6.18. The van der Waals surface area contributed by atoms with Crippen molar-refractivity contribution in [3.8, 4) is 0 Å². The van der Waals surface area contributed by atoms with E-state index in [-0.39, 0.29) is 0 Å². The molecule has 1 aromatic carbocycles. The molecule has 0 aliphatic carbocycles. The quantitative estimate of drug-likeness (QED) is 0.855. The third-order valence-electron chi connectivity index (χ3n) is 3.34. The Morgan fingerprint density at radius 1 is 1.25 bits per heavy atom. The van der Waals surface area contributed by atoms with Gasteiger partial charge in [-0.15, -0.1) is 0 Å². The van der Waals surface area contributed by atoms with E-state index in [9.17, 15) is 13.2 Å². The van der Waals surface area contributed by atoms with Gasteiger partial charge in [0.2, 0.25) is 5.91 Å². The maximum Gasteiger partial charge on any atom is 0.247 e. The maximum atomic E-state index is 12.6. The summed E-state index contributed by atoms with van der Waals surface area (Å²) in [6.45, 7) is 3.71. The molecule has 112 valence electrons. The molecule has 5 nitrogen and oxygen atoms in total. The van der Waals surface area contributed by atoms with Gasteiger partial charge in [0.1, 0.15) is 4.75 Å². The number of benzene rings is 1. The molecule has 20 heavy (non-hydrogen) atoms. The number of hydrogen-bond donors (Lipinski definition) is 1. The van der Waals surface area contributed by atoms with Crippen LogP contribution in [0.5, 0.6) is 0 Å². The number of rotatable bonds is 6. The fraction of sp³-hybridized carbons (Fsp3) is 0.500. The number of nitrogens with zero attached hydrogens (tertiary/aromatic N) is 1. The van der Waals surface area contributed by atoms with E-state index in [2.05, 4.69) is 0 Å². The van der Waals surface area contributed by atoms with E-state index in [0.29, 0.717) is 25.2 Å². The van der Waals surface area contributed by atoms with E-state index in [0.717, 1.165) is 6.26 Å². The normalized spacial score (nSPS) is 12.2. The minimum atomic E-state index is -3.50. The standard InChI is InChI=1S/C14H22N2O3S/c1-14(2,20(3,18)19)13(17)16(11-7-10-15)12-8-5-4-6-9-12/h4-6,8-9H,7,10-11,15H2,1-3H3. The van der Waals surface area contributed by atoms with Crippen molar-refractivity contribution in [2.45, 2.75) is 25.0 Å². The van der Waals surface area contributed by atoms with Crippen molar-refractivity contribution in [2.75, 3.05) is 24.2 Å². The van der Waals surface area contributed by atoms with Gasteiger partial charge in [0.25, 0.3) is 0 Å². The second-order valence-corrected chi connectivity index (χ2v) is 7.78. The first kappa shape index (κ1) is 16.7. The first-order chi connectivity index (χ1) is 9.21. The van der Waals surface area contributed by atoms with E-state index < -0.39 is 20.5 Å². The van der Waals surface area contributed by atoms with Gasteiger partial charge in [-0.05, 0) is 38.9 Å². The third kappa shape index (κ3) is 3.58. The summed E-state index contributed by atoms with van der Waals surface area (Å²) in [5.74, 6) is -0.431. The van der Waals surface area contributed by atoms with E-state index >= 15 is 0 Å².